The lowest BCUT2D eigenvalue weighted by Crippen LogP contribution is -2.38. The van der Waals surface area contributed by atoms with E-state index in [0.29, 0.717) is 6.61 Å². The molecule has 0 N–H and O–H groups in total. The molecule has 0 aromatic carbocycles. The van der Waals surface area contributed by atoms with E-state index in [1.807, 2.05) is 33.6 Å². The average molecular weight is 312 g/mol. The zero-order valence-electron chi connectivity index (χ0n) is 13.2. The van der Waals surface area contributed by atoms with Crippen LogP contribution >= 0.6 is 0 Å². The molecule has 23 heavy (non-hydrogen) atoms. The summed E-state index contributed by atoms with van der Waals surface area (Å²) in [5, 5.41) is 12.7. The molecule has 0 radical (unpaired) electrons. The standard InChI is InChI=1S/C16H20N6O/c1-2-21-12-17-19-16(21)15-11-20(7-8-23-15)10-13-9-18-22-6-4-3-5-14(13)22/h3-6,9,12,15H,2,7-8,10-11H2,1H3/t15-/m0/s1. The van der Waals surface area contributed by atoms with Gasteiger partial charge < -0.3 is 9.30 Å². The Morgan fingerprint density at radius 3 is 3.22 bits per heavy atom. The number of pyridine rings is 1. The van der Waals surface area contributed by atoms with Crippen molar-refractivity contribution >= 4 is 5.52 Å². The van der Waals surface area contributed by atoms with Crippen LogP contribution in [0.2, 0.25) is 0 Å². The second kappa shape index (κ2) is 6.10. The monoisotopic (exact) mass is 312 g/mol. The lowest BCUT2D eigenvalue weighted by molar-refractivity contribution is -0.0387. The van der Waals surface area contributed by atoms with Gasteiger partial charge >= 0.3 is 0 Å². The van der Waals surface area contributed by atoms with Crippen molar-refractivity contribution in [1.29, 1.82) is 0 Å². The van der Waals surface area contributed by atoms with E-state index in [1.165, 1.54) is 5.56 Å². The van der Waals surface area contributed by atoms with Crippen LogP contribution in [0.15, 0.2) is 36.9 Å². The van der Waals surface area contributed by atoms with Crippen molar-refractivity contribution in [3.63, 3.8) is 0 Å². The fraction of sp³-hybridized carbons (Fsp3) is 0.438. The van der Waals surface area contributed by atoms with E-state index in [4.69, 9.17) is 4.74 Å². The molecule has 4 heterocycles. The maximum absolute atomic E-state index is 5.92. The smallest absolute Gasteiger partial charge is 0.163 e. The molecule has 7 heteroatoms. The van der Waals surface area contributed by atoms with E-state index in [2.05, 4.69) is 33.2 Å². The Kier molecular flexibility index (Phi) is 3.80. The number of hydrogen-bond acceptors (Lipinski definition) is 5. The van der Waals surface area contributed by atoms with Gasteiger partial charge in [-0.15, -0.1) is 10.2 Å². The first-order chi connectivity index (χ1) is 11.3. The zero-order chi connectivity index (χ0) is 15.6. The highest BCUT2D eigenvalue weighted by atomic mass is 16.5. The number of hydrogen-bond donors (Lipinski definition) is 0. The number of ether oxygens (including phenoxy) is 1. The van der Waals surface area contributed by atoms with E-state index < -0.39 is 0 Å². The Bertz CT molecular complexity index is 795. The van der Waals surface area contributed by atoms with Gasteiger partial charge in [-0.1, -0.05) is 6.07 Å². The van der Waals surface area contributed by atoms with Crippen LogP contribution in [0.4, 0.5) is 0 Å². The van der Waals surface area contributed by atoms with Gasteiger partial charge in [-0.25, -0.2) is 4.52 Å². The molecule has 0 bridgehead atoms. The molecule has 7 nitrogen and oxygen atoms in total. The summed E-state index contributed by atoms with van der Waals surface area (Å²) in [7, 11) is 0. The molecular formula is C16H20N6O. The second-order valence-electron chi connectivity index (χ2n) is 5.77. The van der Waals surface area contributed by atoms with Crippen molar-refractivity contribution in [3.8, 4) is 0 Å². The predicted octanol–water partition coefficient (Wildman–Crippen LogP) is 1.52. The van der Waals surface area contributed by atoms with Gasteiger partial charge in [0.25, 0.3) is 0 Å². The molecule has 1 aliphatic rings. The Hall–Kier alpha value is -2.25. The molecule has 120 valence electrons. The van der Waals surface area contributed by atoms with Crippen LogP contribution in [0.25, 0.3) is 5.52 Å². The van der Waals surface area contributed by atoms with E-state index in [9.17, 15) is 0 Å². The Morgan fingerprint density at radius 1 is 1.35 bits per heavy atom. The fourth-order valence-corrected chi connectivity index (χ4v) is 3.11. The van der Waals surface area contributed by atoms with Crippen LogP contribution in [0.3, 0.4) is 0 Å². The van der Waals surface area contributed by atoms with Crippen LogP contribution < -0.4 is 0 Å². The Morgan fingerprint density at radius 2 is 2.30 bits per heavy atom. The highest BCUT2D eigenvalue weighted by Crippen LogP contribution is 2.22. The minimum Gasteiger partial charge on any atom is -0.368 e. The molecule has 1 saturated heterocycles. The van der Waals surface area contributed by atoms with Crippen LogP contribution in [0.1, 0.15) is 24.4 Å². The van der Waals surface area contributed by atoms with Crippen molar-refractivity contribution in [2.75, 3.05) is 19.7 Å². The number of aromatic nitrogens is 5. The molecule has 0 amide bonds. The van der Waals surface area contributed by atoms with Crippen LogP contribution in [0, 0.1) is 0 Å². The minimum atomic E-state index is -0.0203. The largest absolute Gasteiger partial charge is 0.368 e. The van der Waals surface area contributed by atoms with Gasteiger partial charge in [0.1, 0.15) is 12.4 Å². The predicted molar refractivity (Wildman–Crippen MR) is 84.9 cm³/mol. The number of fused-ring (bicyclic) bond motifs is 1. The third kappa shape index (κ3) is 2.73. The van der Waals surface area contributed by atoms with Crippen LogP contribution in [-0.4, -0.2) is 49.0 Å². The van der Waals surface area contributed by atoms with Gasteiger partial charge in [0, 0.05) is 37.9 Å². The van der Waals surface area contributed by atoms with Crippen molar-refractivity contribution < 1.29 is 4.74 Å². The summed E-state index contributed by atoms with van der Waals surface area (Å²) in [6.45, 7) is 6.26. The first kappa shape index (κ1) is 14.3. The van der Waals surface area contributed by atoms with Gasteiger partial charge in [-0.3, -0.25) is 4.90 Å². The van der Waals surface area contributed by atoms with Crippen molar-refractivity contribution in [2.24, 2.45) is 0 Å². The van der Waals surface area contributed by atoms with Gasteiger partial charge in [0.2, 0.25) is 0 Å². The molecule has 1 fully saturated rings. The van der Waals surface area contributed by atoms with Crippen molar-refractivity contribution in [3.05, 3.63) is 48.3 Å². The fourth-order valence-electron chi connectivity index (χ4n) is 3.11. The molecule has 3 aromatic heterocycles. The quantitative estimate of drug-likeness (QED) is 0.731. The van der Waals surface area contributed by atoms with Crippen LogP contribution in [-0.2, 0) is 17.8 Å². The van der Waals surface area contributed by atoms with E-state index >= 15 is 0 Å². The summed E-state index contributed by atoms with van der Waals surface area (Å²) in [6, 6.07) is 6.15. The van der Waals surface area contributed by atoms with Gasteiger partial charge in [0.15, 0.2) is 5.82 Å². The zero-order valence-corrected chi connectivity index (χ0v) is 13.2. The Labute approximate surface area is 134 Å². The third-order valence-corrected chi connectivity index (χ3v) is 4.32. The van der Waals surface area contributed by atoms with Crippen molar-refractivity contribution in [1.82, 2.24) is 29.3 Å². The molecule has 0 spiro atoms. The topological polar surface area (TPSA) is 60.5 Å². The molecule has 0 saturated carbocycles. The first-order valence-electron chi connectivity index (χ1n) is 7.98. The number of aryl methyl sites for hydroxylation is 1. The summed E-state index contributed by atoms with van der Waals surface area (Å²) in [5.74, 6) is 0.914. The third-order valence-electron chi connectivity index (χ3n) is 4.32. The molecule has 0 unspecified atom stereocenters. The maximum Gasteiger partial charge on any atom is 0.163 e. The summed E-state index contributed by atoms with van der Waals surface area (Å²) in [4.78, 5) is 2.40. The average Bonchev–Trinajstić information content (AvgIpc) is 3.22. The summed E-state index contributed by atoms with van der Waals surface area (Å²) in [5.41, 5.74) is 2.40. The maximum atomic E-state index is 5.92. The van der Waals surface area contributed by atoms with E-state index in [-0.39, 0.29) is 6.10 Å². The minimum absolute atomic E-state index is 0.0203. The normalized spacial score (nSPS) is 19.4. The van der Waals surface area contributed by atoms with Crippen LogP contribution in [0.5, 0.6) is 0 Å². The summed E-state index contributed by atoms with van der Waals surface area (Å²) in [6.07, 6.45) is 5.68. The molecule has 4 rings (SSSR count). The van der Waals surface area contributed by atoms with Gasteiger partial charge in [-0.2, -0.15) is 5.10 Å². The summed E-state index contributed by atoms with van der Waals surface area (Å²) < 4.78 is 9.88. The second-order valence-corrected chi connectivity index (χ2v) is 5.77. The highest BCUT2D eigenvalue weighted by Gasteiger charge is 2.26. The number of rotatable bonds is 4. The number of morpholine rings is 1. The number of nitrogens with zero attached hydrogens (tertiary/aromatic N) is 6. The lowest BCUT2D eigenvalue weighted by Gasteiger charge is -2.32. The lowest BCUT2D eigenvalue weighted by atomic mass is 10.2. The highest BCUT2D eigenvalue weighted by molar-refractivity contribution is 5.53. The molecule has 1 aliphatic heterocycles. The molecule has 3 aromatic rings. The molecular weight excluding hydrogens is 292 g/mol. The molecule has 0 aliphatic carbocycles. The Balaban J connectivity index is 1.51. The summed E-state index contributed by atoms with van der Waals surface area (Å²) >= 11 is 0. The van der Waals surface area contributed by atoms with E-state index in [1.54, 1.807) is 6.33 Å². The van der Waals surface area contributed by atoms with Crippen molar-refractivity contribution in [2.45, 2.75) is 26.1 Å². The van der Waals surface area contributed by atoms with Gasteiger partial charge in [-0.05, 0) is 19.1 Å². The first-order valence-corrected chi connectivity index (χ1v) is 7.98. The SMILES string of the molecule is CCn1cnnc1[C@@H]1CN(Cc2cnn3ccccc23)CCO1. The molecule has 1 atom stereocenters. The van der Waals surface area contributed by atoms with E-state index in [0.717, 1.165) is 37.5 Å². The van der Waals surface area contributed by atoms with Gasteiger partial charge in [0.05, 0.1) is 18.3 Å².